The average Bonchev–Trinajstić information content (AvgIpc) is 2.72. The zero-order valence-corrected chi connectivity index (χ0v) is 16.3. The normalized spacial score (nSPS) is 18.5. The minimum absolute atomic E-state index is 0.0257. The minimum atomic E-state index is -0.490. The van der Waals surface area contributed by atoms with Crippen molar-refractivity contribution < 1.29 is 14.0 Å². The number of anilines is 1. The van der Waals surface area contributed by atoms with Crippen LogP contribution in [0.2, 0.25) is 5.02 Å². The van der Waals surface area contributed by atoms with E-state index < -0.39 is 5.82 Å². The van der Waals surface area contributed by atoms with E-state index in [1.165, 1.54) is 12.1 Å². The van der Waals surface area contributed by atoms with Crippen molar-refractivity contribution in [2.45, 2.75) is 32.0 Å². The van der Waals surface area contributed by atoms with Crippen molar-refractivity contribution in [1.29, 1.82) is 0 Å². The van der Waals surface area contributed by atoms with E-state index in [2.05, 4.69) is 10.2 Å². The second-order valence-corrected chi connectivity index (χ2v) is 7.66. The number of benzene rings is 2. The van der Waals surface area contributed by atoms with Crippen LogP contribution < -0.4 is 10.2 Å². The highest BCUT2D eigenvalue weighted by atomic mass is 35.5. The fraction of sp³-hybridized carbons (Fsp3) is 0.333. The van der Waals surface area contributed by atoms with Gasteiger partial charge in [-0.3, -0.25) is 9.59 Å². The van der Waals surface area contributed by atoms with Gasteiger partial charge in [0, 0.05) is 25.7 Å². The van der Waals surface area contributed by atoms with Gasteiger partial charge in [0.1, 0.15) is 12.0 Å². The predicted molar refractivity (Wildman–Crippen MR) is 106 cm³/mol. The fourth-order valence-corrected chi connectivity index (χ4v) is 4.15. The summed E-state index contributed by atoms with van der Waals surface area (Å²) < 4.78 is 13.3. The molecule has 0 radical (unpaired) electrons. The van der Waals surface area contributed by atoms with E-state index in [0.717, 1.165) is 31.5 Å². The van der Waals surface area contributed by atoms with Gasteiger partial charge in [-0.15, -0.1) is 0 Å². The number of halogens is 2. The van der Waals surface area contributed by atoms with Gasteiger partial charge in [-0.05, 0) is 55.2 Å². The van der Waals surface area contributed by atoms with Crippen LogP contribution in [0.3, 0.4) is 0 Å². The first-order valence-corrected chi connectivity index (χ1v) is 9.73. The Morgan fingerprint density at radius 3 is 2.86 bits per heavy atom. The van der Waals surface area contributed by atoms with Gasteiger partial charge in [-0.25, -0.2) is 4.39 Å². The molecule has 1 N–H and O–H groups in total. The Morgan fingerprint density at radius 1 is 1.25 bits per heavy atom. The molecule has 146 valence electrons. The van der Waals surface area contributed by atoms with E-state index >= 15 is 0 Å². The van der Waals surface area contributed by atoms with E-state index in [9.17, 15) is 14.0 Å². The van der Waals surface area contributed by atoms with E-state index in [1.807, 2.05) is 11.9 Å². The second-order valence-electron chi connectivity index (χ2n) is 7.25. The first-order chi connectivity index (χ1) is 13.5. The quantitative estimate of drug-likeness (QED) is 0.850. The van der Waals surface area contributed by atoms with Crippen LogP contribution >= 0.6 is 11.6 Å². The molecule has 2 amide bonds. The van der Waals surface area contributed by atoms with E-state index in [0.29, 0.717) is 16.7 Å². The molecule has 0 aromatic heterocycles. The van der Waals surface area contributed by atoms with E-state index in [1.54, 1.807) is 24.3 Å². The number of nitrogens with one attached hydrogen (secondary N) is 1. The lowest BCUT2D eigenvalue weighted by Gasteiger charge is -2.46. The maximum Gasteiger partial charge on any atom is 0.257 e. The largest absolute Gasteiger partial charge is 0.354 e. The second kappa shape index (κ2) is 7.43. The Kier molecular flexibility index (Phi) is 4.98. The monoisotopic (exact) mass is 401 g/mol. The molecule has 1 atom stereocenters. The lowest BCUT2D eigenvalue weighted by Crippen LogP contribution is -2.55. The van der Waals surface area contributed by atoms with E-state index in [-0.39, 0.29) is 29.5 Å². The molecule has 28 heavy (non-hydrogen) atoms. The zero-order valence-electron chi connectivity index (χ0n) is 15.5. The summed E-state index contributed by atoms with van der Waals surface area (Å²) in [4.78, 5) is 29.4. The maximum absolute atomic E-state index is 13.3. The van der Waals surface area contributed by atoms with Crippen LogP contribution in [0.15, 0.2) is 36.4 Å². The molecule has 0 saturated carbocycles. The minimum Gasteiger partial charge on any atom is -0.354 e. The zero-order chi connectivity index (χ0) is 19.8. The number of hydrogen-bond donors (Lipinski definition) is 1. The molecule has 0 aliphatic carbocycles. The average molecular weight is 402 g/mol. The Balaban J connectivity index is 1.53. The van der Waals surface area contributed by atoms with Crippen molar-refractivity contribution in [3.8, 4) is 0 Å². The van der Waals surface area contributed by atoms with Gasteiger partial charge < -0.3 is 15.1 Å². The van der Waals surface area contributed by atoms with Crippen molar-refractivity contribution in [3.05, 3.63) is 63.9 Å². The number of fused-ring (bicyclic) bond motifs is 2. The Morgan fingerprint density at radius 2 is 2.07 bits per heavy atom. The first kappa shape index (κ1) is 18.7. The van der Waals surface area contributed by atoms with Crippen LogP contribution in [0.5, 0.6) is 0 Å². The molecule has 0 bridgehead atoms. The molecule has 4 rings (SSSR count). The lowest BCUT2D eigenvalue weighted by molar-refractivity contribution is 0.0589. The van der Waals surface area contributed by atoms with Gasteiger partial charge in [-0.2, -0.15) is 0 Å². The highest BCUT2D eigenvalue weighted by Gasteiger charge is 2.37. The molecule has 2 heterocycles. The summed E-state index contributed by atoms with van der Waals surface area (Å²) in [5, 5.41) is 2.84. The van der Waals surface area contributed by atoms with Crippen molar-refractivity contribution in [2.24, 2.45) is 0 Å². The standard InChI is InChI=1S/C21H21ClFN3O2/c1-25-18-11-14(20(27)24-12-13-5-8-17(23)16(22)10-13)6-7-15(18)21(28)26-9-3-2-4-19(25)26/h5-8,10-11,19H,2-4,9,12H2,1H3,(H,24,27)/t19-/m0/s1. The summed E-state index contributed by atoms with van der Waals surface area (Å²) in [5.41, 5.74) is 2.60. The van der Waals surface area contributed by atoms with Crippen LogP contribution in [-0.4, -0.2) is 36.5 Å². The Hall–Kier alpha value is -2.60. The molecule has 5 nitrogen and oxygen atoms in total. The Bertz CT molecular complexity index is 949. The van der Waals surface area contributed by atoms with Crippen LogP contribution in [0.1, 0.15) is 45.5 Å². The van der Waals surface area contributed by atoms with Crippen molar-refractivity contribution >= 4 is 29.1 Å². The molecule has 0 unspecified atom stereocenters. The predicted octanol–water partition coefficient (Wildman–Crippen LogP) is 3.81. The molecular weight excluding hydrogens is 381 g/mol. The number of rotatable bonds is 3. The number of nitrogens with zero attached hydrogens (tertiary/aromatic N) is 2. The molecule has 2 aromatic carbocycles. The molecule has 1 saturated heterocycles. The molecular formula is C21H21ClFN3O2. The number of carbonyl (C=O) groups excluding carboxylic acids is 2. The molecule has 2 aromatic rings. The smallest absolute Gasteiger partial charge is 0.257 e. The van der Waals surface area contributed by atoms with Gasteiger partial charge in [0.2, 0.25) is 0 Å². The lowest BCUT2D eigenvalue weighted by atomic mass is 9.97. The van der Waals surface area contributed by atoms with E-state index in [4.69, 9.17) is 11.6 Å². The number of piperidine rings is 1. The fourth-order valence-electron chi connectivity index (χ4n) is 3.95. The Labute approximate surface area is 168 Å². The van der Waals surface area contributed by atoms with Crippen LogP contribution in [0.4, 0.5) is 10.1 Å². The maximum atomic E-state index is 13.3. The summed E-state index contributed by atoms with van der Waals surface area (Å²) in [6.45, 7) is 1.01. The van der Waals surface area contributed by atoms with Gasteiger partial charge in [0.25, 0.3) is 11.8 Å². The summed E-state index contributed by atoms with van der Waals surface area (Å²) in [6, 6.07) is 9.52. The summed E-state index contributed by atoms with van der Waals surface area (Å²) in [5.74, 6) is -0.711. The van der Waals surface area contributed by atoms with Crippen molar-refractivity contribution in [2.75, 3.05) is 18.5 Å². The van der Waals surface area contributed by atoms with Gasteiger partial charge >= 0.3 is 0 Å². The first-order valence-electron chi connectivity index (χ1n) is 9.35. The van der Waals surface area contributed by atoms with Crippen molar-refractivity contribution in [3.63, 3.8) is 0 Å². The van der Waals surface area contributed by atoms with Gasteiger partial charge in [0.05, 0.1) is 16.3 Å². The molecule has 0 spiro atoms. The molecule has 2 aliphatic heterocycles. The number of amides is 2. The topological polar surface area (TPSA) is 52.7 Å². The molecule has 2 aliphatic rings. The summed E-state index contributed by atoms with van der Waals surface area (Å²) >= 11 is 5.78. The van der Waals surface area contributed by atoms with Crippen LogP contribution in [0.25, 0.3) is 0 Å². The van der Waals surface area contributed by atoms with Gasteiger partial charge in [0.15, 0.2) is 0 Å². The highest BCUT2D eigenvalue weighted by molar-refractivity contribution is 6.30. The summed E-state index contributed by atoms with van der Waals surface area (Å²) in [7, 11) is 1.97. The molecule has 1 fully saturated rings. The van der Waals surface area contributed by atoms with Crippen molar-refractivity contribution in [1.82, 2.24) is 10.2 Å². The number of hydrogen-bond acceptors (Lipinski definition) is 3. The third kappa shape index (κ3) is 3.33. The van der Waals surface area contributed by atoms with Crippen LogP contribution in [0, 0.1) is 5.82 Å². The number of carbonyl (C=O) groups is 2. The summed E-state index contributed by atoms with van der Waals surface area (Å²) in [6.07, 6.45) is 3.10. The SMILES string of the molecule is CN1c2cc(C(=O)NCc3ccc(F)c(Cl)c3)ccc2C(=O)N2CCCC[C@H]21. The highest BCUT2D eigenvalue weighted by Crippen LogP contribution is 2.34. The molecule has 7 heteroatoms. The van der Waals surface area contributed by atoms with Crippen LogP contribution in [-0.2, 0) is 6.54 Å². The third-order valence-electron chi connectivity index (χ3n) is 5.49. The van der Waals surface area contributed by atoms with Gasteiger partial charge in [-0.1, -0.05) is 17.7 Å². The third-order valence-corrected chi connectivity index (χ3v) is 5.78.